The summed E-state index contributed by atoms with van der Waals surface area (Å²) in [5, 5.41) is 0. The number of ether oxygens (including phenoxy) is 1. The first-order valence-electron chi connectivity index (χ1n) is 14.3. The maximum Gasteiger partial charge on any atom is 0.159 e. The molecule has 0 saturated carbocycles. The Kier molecular flexibility index (Phi) is 15.3. The lowest BCUT2D eigenvalue weighted by atomic mass is 9.97. The lowest BCUT2D eigenvalue weighted by Gasteiger charge is -2.14. The summed E-state index contributed by atoms with van der Waals surface area (Å²) in [6.07, 6.45) is 21.1. The maximum absolute atomic E-state index is 14.3. The van der Waals surface area contributed by atoms with Crippen LogP contribution < -0.4 is 4.74 Å². The summed E-state index contributed by atoms with van der Waals surface area (Å²) < 4.78 is 20.0. The highest BCUT2D eigenvalue weighted by atomic mass is 19.1. The van der Waals surface area contributed by atoms with E-state index in [0.717, 1.165) is 24.2 Å². The molecule has 2 aromatic rings. The van der Waals surface area contributed by atoms with Gasteiger partial charge in [0.1, 0.15) is 18.5 Å². The minimum Gasteiger partial charge on any atom is -0.491 e. The van der Waals surface area contributed by atoms with E-state index in [2.05, 4.69) is 30.7 Å². The van der Waals surface area contributed by atoms with Gasteiger partial charge < -0.3 is 4.74 Å². The van der Waals surface area contributed by atoms with Crippen LogP contribution >= 0.6 is 0 Å². The fraction of sp³-hybridized carbons (Fsp3) is 0.677. The maximum atomic E-state index is 14.3. The Balaban J connectivity index is 1.65. The third-order valence-corrected chi connectivity index (χ3v) is 6.84. The Morgan fingerprint density at radius 3 is 2.00 bits per heavy atom. The molecule has 0 N–H and O–H groups in total. The molecule has 2 atom stereocenters. The van der Waals surface area contributed by atoms with Crippen molar-refractivity contribution in [3.63, 3.8) is 0 Å². The van der Waals surface area contributed by atoms with Crippen LogP contribution in [0.5, 0.6) is 5.75 Å². The van der Waals surface area contributed by atoms with Crippen molar-refractivity contribution < 1.29 is 9.13 Å². The van der Waals surface area contributed by atoms with Gasteiger partial charge >= 0.3 is 0 Å². The molecule has 2 rings (SSSR count). The number of aryl methyl sites for hydroxylation is 1. The van der Waals surface area contributed by atoms with Crippen LogP contribution in [-0.4, -0.2) is 22.7 Å². The number of benzene rings is 1. The van der Waals surface area contributed by atoms with E-state index in [9.17, 15) is 4.39 Å². The largest absolute Gasteiger partial charge is 0.491 e. The summed E-state index contributed by atoms with van der Waals surface area (Å²) in [5.41, 5.74) is 2.15. The molecular weight excluding hydrogens is 435 g/mol. The second-order valence-electron chi connectivity index (χ2n) is 10.3. The fourth-order valence-electron chi connectivity index (χ4n) is 4.42. The number of hydrogen-bond acceptors (Lipinski definition) is 3. The second kappa shape index (κ2) is 18.3. The van der Waals surface area contributed by atoms with Crippen molar-refractivity contribution in [3.05, 3.63) is 42.2 Å². The predicted molar refractivity (Wildman–Crippen MR) is 147 cm³/mol. The average molecular weight is 485 g/mol. The molecule has 0 saturated heterocycles. The van der Waals surface area contributed by atoms with Gasteiger partial charge in [-0.05, 0) is 61.4 Å². The van der Waals surface area contributed by atoms with Crippen LogP contribution in [-0.2, 0) is 6.42 Å². The molecule has 2 unspecified atom stereocenters. The quantitative estimate of drug-likeness (QED) is 0.175. The standard InChI is InChI=1S/C31H49FN2O/c1-4-6-8-9-10-11-12-14-16-27-23-33-31(34-24-27)28-18-21-30(22-19-28)35-25-29(32)20-17-26(3)15-13-7-5-2/h18-19,21-24,26,29H,4-17,20,25H2,1-3H3. The van der Waals surface area contributed by atoms with Crippen LogP contribution in [0.4, 0.5) is 4.39 Å². The van der Waals surface area contributed by atoms with Crippen LogP contribution in [0.1, 0.15) is 116 Å². The van der Waals surface area contributed by atoms with Gasteiger partial charge in [0.05, 0.1) is 0 Å². The van der Waals surface area contributed by atoms with Gasteiger partial charge in [-0.1, -0.05) is 91.4 Å². The summed E-state index contributed by atoms with van der Waals surface area (Å²) in [4.78, 5) is 9.11. The summed E-state index contributed by atoms with van der Waals surface area (Å²) in [6.45, 7) is 6.82. The van der Waals surface area contributed by atoms with Gasteiger partial charge in [0.15, 0.2) is 5.82 Å². The van der Waals surface area contributed by atoms with Gasteiger partial charge in [-0.2, -0.15) is 0 Å². The molecule has 1 heterocycles. The number of nitrogens with zero attached hydrogens (tertiary/aromatic N) is 2. The molecule has 35 heavy (non-hydrogen) atoms. The molecule has 0 fully saturated rings. The zero-order chi connectivity index (χ0) is 25.1. The van der Waals surface area contributed by atoms with Gasteiger partial charge in [-0.25, -0.2) is 14.4 Å². The van der Waals surface area contributed by atoms with E-state index >= 15 is 0 Å². The number of rotatable bonds is 20. The SMILES string of the molecule is CCCCCCCCCCc1cnc(-c2ccc(OCC(F)CCC(C)CCCCC)cc2)nc1. The Morgan fingerprint density at radius 2 is 1.34 bits per heavy atom. The zero-order valence-corrected chi connectivity index (χ0v) is 22.6. The molecule has 0 aliphatic carbocycles. The van der Waals surface area contributed by atoms with E-state index in [4.69, 9.17) is 4.74 Å². The minimum absolute atomic E-state index is 0.116. The zero-order valence-electron chi connectivity index (χ0n) is 22.6. The first-order chi connectivity index (χ1) is 17.1. The monoisotopic (exact) mass is 484 g/mol. The first kappa shape index (κ1) is 29.3. The number of alkyl halides is 1. The van der Waals surface area contributed by atoms with Crippen molar-refractivity contribution in [1.82, 2.24) is 9.97 Å². The predicted octanol–water partition coefficient (Wildman–Crippen LogP) is 9.54. The molecule has 3 nitrogen and oxygen atoms in total. The van der Waals surface area contributed by atoms with E-state index in [0.29, 0.717) is 18.1 Å². The van der Waals surface area contributed by atoms with Gasteiger partial charge in [0.25, 0.3) is 0 Å². The Hall–Kier alpha value is -1.97. The molecule has 0 spiro atoms. The molecule has 1 aromatic heterocycles. The highest BCUT2D eigenvalue weighted by molar-refractivity contribution is 5.55. The average Bonchev–Trinajstić information content (AvgIpc) is 2.88. The van der Waals surface area contributed by atoms with Crippen molar-refractivity contribution in [2.75, 3.05) is 6.61 Å². The van der Waals surface area contributed by atoms with Crippen LogP contribution in [0, 0.1) is 5.92 Å². The highest BCUT2D eigenvalue weighted by Crippen LogP contribution is 2.21. The second-order valence-corrected chi connectivity index (χ2v) is 10.3. The van der Waals surface area contributed by atoms with Crippen molar-refractivity contribution in [2.24, 2.45) is 5.92 Å². The number of aromatic nitrogens is 2. The molecule has 0 aliphatic heterocycles. The number of unbranched alkanes of at least 4 members (excludes halogenated alkanes) is 9. The summed E-state index contributed by atoms with van der Waals surface area (Å²) in [5.74, 6) is 2.00. The van der Waals surface area contributed by atoms with Crippen molar-refractivity contribution in [3.8, 4) is 17.1 Å². The molecule has 1 aromatic carbocycles. The number of hydrogen-bond donors (Lipinski definition) is 0. The van der Waals surface area contributed by atoms with Crippen LogP contribution in [0.3, 0.4) is 0 Å². The van der Waals surface area contributed by atoms with Crippen LogP contribution in [0.15, 0.2) is 36.7 Å². The minimum atomic E-state index is -0.916. The van der Waals surface area contributed by atoms with Gasteiger partial charge in [-0.15, -0.1) is 0 Å². The van der Waals surface area contributed by atoms with Gasteiger partial charge in [-0.3, -0.25) is 0 Å². The molecule has 0 radical (unpaired) electrons. The van der Waals surface area contributed by atoms with Crippen LogP contribution in [0.2, 0.25) is 0 Å². The van der Waals surface area contributed by atoms with E-state index in [1.807, 2.05) is 36.7 Å². The summed E-state index contributed by atoms with van der Waals surface area (Å²) >= 11 is 0. The summed E-state index contributed by atoms with van der Waals surface area (Å²) in [7, 11) is 0. The van der Waals surface area contributed by atoms with Crippen molar-refractivity contribution in [1.29, 1.82) is 0 Å². The molecule has 196 valence electrons. The van der Waals surface area contributed by atoms with Crippen molar-refractivity contribution >= 4 is 0 Å². The lowest BCUT2D eigenvalue weighted by molar-refractivity contribution is 0.178. The van der Waals surface area contributed by atoms with Crippen LogP contribution in [0.25, 0.3) is 11.4 Å². The molecular formula is C31H49FN2O. The van der Waals surface area contributed by atoms with E-state index < -0.39 is 6.17 Å². The Bertz CT molecular complexity index is 763. The topological polar surface area (TPSA) is 35.0 Å². The van der Waals surface area contributed by atoms with E-state index in [1.165, 1.54) is 82.6 Å². The van der Waals surface area contributed by atoms with E-state index in [-0.39, 0.29) is 6.61 Å². The summed E-state index contributed by atoms with van der Waals surface area (Å²) in [6, 6.07) is 7.66. The molecule has 0 aliphatic rings. The lowest BCUT2D eigenvalue weighted by Crippen LogP contribution is -2.14. The highest BCUT2D eigenvalue weighted by Gasteiger charge is 2.11. The smallest absolute Gasteiger partial charge is 0.159 e. The third-order valence-electron chi connectivity index (χ3n) is 6.84. The van der Waals surface area contributed by atoms with Gasteiger partial charge in [0, 0.05) is 18.0 Å². The molecule has 0 amide bonds. The molecule has 4 heteroatoms. The first-order valence-corrected chi connectivity index (χ1v) is 14.3. The molecule has 0 bridgehead atoms. The van der Waals surface area contributed by atoms with E-state index in [1.54, 1.807) is 0 Å². The normalized spacial score (nSPS) is 13.0. The van der Waals surface area contributed by atoms with Crippen molar-refractivity contribution in [2.45, 2.75) is 123 Å². The number of halogens is 1. The fourth-order valence-corrected chi connectivity index (χ4v) is 4.42. The third kappa shape index (κ3) is 13.1. The van der Waals surface area contributed by atoms with Gasteiger partial charge in [0.2, 0.25) is 0 Å². The Labute approximate surface area is 214 Å². The Morgan fingerprint density at radius 1 is 0.743 bits per heavy atom.